The van der Waals surface area contributed by atoms with E-state index in [9.17, 15) is 14.0 Å². The van der Waals surface area contributed by atoms with Gasteiger partial charge >= 0.3 is 0 Å². The summed E-state index contributed by atoms with van der Waals surface area (Å²) < 4.78 is 13.8. The molecule has 1 aliphatic heterocycles. The molecule has 2 amide bonds. The number of benzene rings is 2. The van der Waals surface area contributed by atoms with Crippen LogP contribution < -0.4 is 10.3 Å². The summed E-state index contributed by atoms with van der Waals surface area (Å²) in [4.78, 5) is 24.3. The average Bonchev–Trinajstić information content (AvgIpc) is 2.58. The van der Waals surface area contributed by atoms with Gasteiger partial charge in [0.1, 0.15) is 11.5 Å². The predicted octanol–water partition coefficient (Wildman–Crippen LogP) is 3.60. The van der Waals surface area contributed by atoms with Crippen LogP contribution in [0.1, 0.15) is 12.8 Å². The summed E-state index contributed by atoms with van der Waals surface area (Å²) in [6.07, 6.45) is 0.355. The fourth-order valence-electron chi connectivity index (χ4n) is 2.27. The third-order valence-electron chi connectivity index (χ3n) is 3.47. The summed E-state index contributed by atoms with van der Waals surface area (Å²) in [5, 5.41) is 8.00. The number of anilines is 2. The quantitative estimate of drug-likeness (QED) is 0.923. The smallest absolute Gasteiger partial charge is 0.271 e. The van der Waals surface area contributed by atoms with Crippen molar-refractivity contribution in [2.24, 2.45) is 5.10 Å². The zero-order valence-electron chi connectivity index (χ0n) is 12.5. The molecule has 0 bridgehead atoms. The molecule has 0 saturated carbocycles. The van der Waals surface area contributed by atoms with E-state index in [-0.39, 0.29) is 35.2 Å². The summed E-state index contributed by atoms with van der Waals surface area (Å²) in [5.74, 6) is -1.39. The third-order valence-corrected chi connectivity index (χ3v) is 3.71. The van der Waals surface area contributed by atoms with Gasteiger partial charge in [0, 0.05) is 17.9 Å². The minimum absolute atomic E-state index is 0.00950. The molecular weight excluding hydrogens is 333 g/mol. The maximum absolute atomic E-state index is 13.8. The normalized spacial score (nSPS) is 14.3. The number of para-hydroxylation sites is 1. The molecular formula is C17H13ClFN3O2. The van der Waals surface area contributed by atoms with Crippen molar-refractivity contribution in [1.82, 2.24) is 0 Å². The third kappa shape index (κ3) is 3.44. The van der Waals surface area contributed by atoms with Crippen molar-refractivity contribution in [3.05, 3.63) is 59.4 Å². The molecule has 122 valence electrons. The first-order chi connectivity index (χ1) is 11.5. The predicted molar refractivity (Wildman–Crippen MR) is 90.6 cm³/mol. The number of carbonyl (C=O) groups is 2. The molecule has 0 atom stereocenters. The van der Waals surface area contributed by atoms with Gasteiger partial charge in [-0.1, -0.05) is 29.8 Å². The highest BCUT2D eigenvalue weighted by atomic mass is 35.5. The Labute approximate surface area is 142 Å². The number of carbonyl (C=O) groups excluding carboxylic acids is 2. The van der Waals surface area contributed by atoms with Crippen molar-refractivity contribution in [3.63, 3.8) is 0 Å². The standard InChI is InChI=1S/C17H13ClFN3O2/c18-11-6-7-14(13(19)10-11)20-17(24)15-8-9-16(23)22(21-15)12-4-2-1-3-5-12/h1-7,10H,8-9H2,(H,20,24). The molecule has 0 spiro atoms. The molecule has 0 aromatic heterocycles. The van der Waals surface area contributed by atoms with Crippen molar-refractivity contribution in [2.45, 2.75) is 12.8 Å². The molecule has 0 radical (unpaired) electrons. The average molecular weight is 346 g/mol. The molecule has 0 saturated heterocycles. The summed E-state index contributed by atoms with van der Waals surface area (Å²) in [6, 6.07) is 12.8. The number of halogens is 2. The van der Waals surface area contributed by atoms with Crippen LogP contribution in [-0.4, -0.2) is 17.5 Å². The summed E-state index contributed by atoms with van der Waals surface area (Å²) in [5.41, 5.74) is 0.744. The molecule has 1 N–H and O–H groups in total. The number of amides is 2. The minimum Gasteiger partial charge on any atom is -0.318 e. The maximum atomic E-state index is 13.8. The van der Waals surface area contributed by atoms with Gasteiger partial charge < -0.3 is 5.32 Å². The first-order valence-electron chi connectivity index (χ1n) is 7.26. The van der Waals surface area contributed by atoms with Crippen molar-refractivity contribution < 1.29 is 14.0 Å². The lowest BCUT2D eigenvalue weighted by Crippen LogP contribution is -2.36. The molecule has 0 fully saturated rings. The number of hydrogen-bond acceptors (Lipinski definition) is 3. The van der Waals surface area contributed by atoms with Crippen LogP contribution in [0.15, 0.2) is 53.6 Å². The fourth-order valence-corrected chi connectivity index (χ4v) is 2.43. The van der Waals surface area contributed by atoms with E-state index in [0.717, 1.165) is 6.07 Å². The molecule has 0 aliphatic carbocycles. The van der Waals surface area contributed by atoms with Crippen molar-refractivity contribution in [1.29, 1.82) is 0 Å². The van der Waals surface area contributed by atoms with Gasteiger partial charge in [0.15, 0.2) is 0 Å². The second-order valence-corrected chi connectivity index (χ2v) is 5.60. The van der Waals surface area contributed by atoms with Crippen LogP contribution in [-0.2, 0) is 9.59 Å². The van der Waals surface area contributed by atoms with Crippen LogP contribution in [0, 0.1) is 5.82 Å². The maximum Gasteiger partial charge on any atom is 0.271 e. The van der Waals surface area contributed by atoms with Crippen LogP contribution in [0.3, 0.4) is 0 Å². The van der Waals surface area contributed by atoms with E-state index in [2.05, 4.69) is 10.4 Å². The zero-order chi connectivity index (χ0) is 17.1. The highest BCUT2D eigenvalue weighted by Crippen LogP contribution is 2.22. The van der Waals surface area contributed by atoms with Crippen molar-refractivity contribution in [2.75, 3.05) is 10.3 Å². The van der Waals surface area contributed by atoms with Crippen LogP contribution in [0.5, 0.6) is 0 Å². The molecule has 1 aliphatic rings. The molecule has 1 heterocycles. The minimum atomic E-state index is -0.636. The van der Waals surface area contributed by atoms with Gasteiger partial charge in [0.25, 0.3) is 5.91 Å². The molecule has 5 nitrogen and oxygen atoms in total. The molecule has 7 heteroatoms. The van der Waals surface area contributed by atoms with E-state index >= 15 is 0 Å². The summed E-state index contributed by atoms with van der Waals surface area (Å²) >= 11 is 5.68. The molecule has 24 heavy (non-hydrogen) atoms. The SMILES string of the molecule is O=C(Nc1ccc(Cl)cc1F)C1=NN(c2ccccc2)C(=O)CC1. The Morgan fingerprint density at radius 2 is 1.92 bits per heavy atom. The number of nitrogens with zero attached hydrogens (tertiary/aromatic N) is 2. The van der Waals surface area contributed by atoms with Crippen LogP contribution in [0.25, 0.3) is 0 Å². The van der Waals surface area contributed by atoms with E-state index < -0.39 is 11.7 Å². The number of hydrogen-bond donors (Lipinski definition) is 1. The lowest BCUT2D eigenvalue weighted by Gasteiger charge is -2.23. The summed E-state index contributed by atoms with van der Waals surface area (Å²) in [6.45, 7) is 0. The summed E-state index contributed by atoms with van der Waals surface area (Å²) in [7, 11) is 0. The second-order valence-electron chi connectivity index (χ2n) is 5.17. The first kappa shape index (κ1) is 16.1. The number of nitrogens with one attached hydrogen (secondary N) is 1. The zero-order valence-corrected chi connectivity index (χ0v) is 13.3. The van der Waals surface area contributed by atoms with Gasteiger partial charge in [-0.05, 0) is 30.3 Å². The molecule has 2 aromatic rings. The fraction of sp³-hybridized carbons (Fsp3) is 0.118. The largest absolute Gasteiger partial charge is 0.318 e. The highest BCUT2D eigenvalue weighted by molar-refractivity contribution is 6.44. The molecule has 3 rings (SSSR count). The van der Waals surface area contributed by atoms with E-state index in [0.29, 0.717) is 5.69 Å². The Bertz CT molecular complexity index is 824. The Kier molecular flexibility index (Phi) is 4.57. The van der Waals surface area contributed by atoms with Crippen LogP contribution >= 0.6 is 11.6 Å². The second kappa shape index (κ2) is 6.80. The van der Waals surface area contributed by atoms with Gasteiger partial charge in [-0.2, -0.15) is 5.10 Å². The number of hydrazone groups is 1. The Morgan fingerprint density at radius 3 is 2.62 bits per heavy atom. The van der Waals surface area contributed by atoms with Gasteiger partial charge in [-0.25, -0.2) is 9.40 Å². The van der Waals surface area contributed by atoms with E-state index in [1.807, 2.05) is 6.07 Å². The number of rotatable bonds is 3. The monoisotopic (exact) mass is 345 g/mol. The Hall–Kier alpha value is -2.73. The van der Waals surface area contributed by atoms with Crippen LogP contribution in [0.2, 0.25) is 5.02 Å². The first-order valence-corrected chi connectivity index (χ1v) is 7.64. The van der Waals surface area contributed by atoms with Crippen molar-refractivity contribution >= 4 is 40.5 Å². The van der Waals surface area contributed by atoms with Gasteiger partial charge in [-0.3, -0.25) is 9.59 Å². The van der Waals surface area contributed by atoms with Gasteiger partial charge in [0.2, 0.25) is 5.91 Å². The lowest BCUT2D eigenvalue weighted by molar-refractivity contribution is -0.118. The van der Waals surface area contributed by atoms with Gasteiger partial charge in [-0.15, -0.1) is 0 Å². The van der Waals surface area contributed by atoms with Crippen molar-refractivity contribution in [3.8, 4) is 0 Å². The van der Waals surface area contributed by atoms with Crippen LogP contribution in [0.4, 0.5) is 15.8 Å². The Balaban J connectivity index is 1.82. The van der Waals surface area contributed by atoms with Gasteiger partial charge in [0.05, 0.1) is 11.4 Å². The van der Waals surface area contributed by atoms with E-state index in [1.165, 1.54) is 17.1 Å². The molecule has 2 aromatic carbocycles. The van der Waals surface area contributed by atoms with E-state index in [4.69, 9.17) is 11.6 Å². The Morgan fingerprint density at radius 1 is 1.17 bits per heavy atom. The lowest BCUT2D eigenvalue weighted by atomic mass is 10.1. The topological polar surface area (TPSA) is 61.8 Å². The highest BCUT2D eigenvalue weighted by Gasteiger charge is 2.25. The van der Waals surface area contributed by atoms with E-state index in [1.54, 1.807) is 24.3 Å². The molecule has 0 unspecified atom stereocenters.